The van der Waals surface area contributed by atoms with E-state index < -0.39 is 0 Å². The van der Waals surface area contributed by atoms with Crippen molar-refractivity contribution in [3.05, 3.63) is 41.2 Å². The van der Waals surface area contributed by atoms with Gasteiger partial charge in [-0.2, -0.15) is 5.10 Å². The number of aromatic nitrogens is 4. The van der Waals surface area contributed by atoms with Gasteiger partial charge in [0.1, 0.15) is 11.9 Å². The van der Waals surface area contributed by atoms with E-state index in [-0.39, 0.29) is 12.0 Å². The average Bonchev–Trinajstić information content (AvgIpc) is 2.97. The Morgan fingerprint density at radius 1 is 1.29 bits per heavy atom. The maximum Gasteiger partial charge on any atom is 0.224 e. The molecule has 0 aliphatic carbocycles. The Hall–Kier alpha value is -2.28. The minimum Gasteiger partial charge on any atom is -0.368 e. The van der Waals surface area contributed by atoms with Gasteiger partial charge in [-0.1, -0.05) is 0 Å². The summed E-state index contributed by atoms with van der Waals surface area (Å²) >= 11 is 0. The Balaban J connectivity index is 1.61. The van der Waals surface area contributed by atoms with E-state index in [2.05, 4.69) is 15.1 Å². The van der Waals surface area contributed by atoms with Gasteiger partial charge in [0, 0.05) is 31.4 Å². The number of amides is 1. The minimum absolute atomic E-state index is 0.124. The smallest absolute Gasteiger partial charge is 0.224 e. The van der Waals surface area contributed by atoms with Crippen molar-refractivity contribution in [1.29, 1.82) is 0 Å². The Morgan fingerprint density at radius 3 is 2.83 bits per heavy atom. The zero-order valence-electron chi connectivity index (χ0n) is 14.4. The molecule has 2 aromatic rings. The van der Waals surface area contributed by atoms with Crippen LogP contribution in [0.5, 0.6) is 0 Å². The van der Waals surface area contributed by atoms with Gasteiger partial charge in [0.15, 0.2) is 0 Å². The summed E-state index contributed by atoms with van der Waals surface area (Å²) in [6, 6.07) is 3.87. The fourth-order valence-corrected chi connectivity index (χ4v) is 2.92. The van der Waals surface area contributed by atoms with Crippen LogP contribution in [0.25, 0.3) is 0 Å². The number of hydrogen-bond acceptors (Lipinski definition) is 5. The Bertz CT molecular complexity index is 707. The highest BCUT2D eigenvalue weighted by Crippen LogP contribution is 2.21. The molecule has 3 heterocycles. The second kappa shape index (κ2) is 7.09. The van der Waals surface area contributed by atoms with E-state index in [0.29, 0.717) is 32.7 Å². The van der Waals surface area contributed by atoms with Crippen molar-refractivity contribution in [2.24, 2.45) is 0 Å². The normalized spacial score (nSPS) is 18.0. The average molecular weight is 329 g/mol. The van der Waals surface area contributed by atoms with Crippen molar-refractivity contribution in [3.63, 3.8) is 0 Å². The van der Waals surface area contributed by atoms with Crippen LogP contribution in [0.15, 0.2) is 18.3 Å². The van der Waals surface area contributed by atoms with Crippen molar-refractivity contribution in [2.45, 2.75) is 39.8 Å². The number of nitrogens with zero attached hydrogens (tertiary/aromatic N) is 5. The highest BCUT2D eigenvalue weighted by Gasteiger charge is 2.26. The Kier molecular flexibility index (Phi) is 4.89. The monoisotopic (exact) mass is 329 g/mol. The van der Waals surface area contributed by atoms with Crippen LogP contribution in [0.1, 0.15) is 35.4 Å². The molecule has 7 heteroatoms. The number of ether oxygens (including phenoxy) is 1. The molecule has 1 amide bonds. The van der Waals surface area contributed by atoms with Crippen molar-refractivity contribution in [1.82, 2.24) is 24.6 Å². The van der Waals surface area contributed by atoms with Crippen molar-refractivity contribution < 1.29 is 9.53 Å². The standard InChI is InChI=1S/C17H23N5O2/c1-12-4-6-22(20-12)7-5-17(23)21-8-9-24-16(11-21)15-10-13(2)18-14(3)19-15/h4,6,10,16H,5,7-9,11H2,1-3H3/t16-/m0/s1. The summed E-state index contributed by atoms with van der Waals surface area (Å²) in [4.78, 5) is 23.1. The summed E-state index contributed by atoms with van der Waals surface area (Å²) in [5, 5.41) is 4.31. The quantitative estimate of drug-likeness (QED) is 0.852. The number of carbonyl (C=O) groups is 1. The van der Waals surface area contributed by atoms with Crippen LogP contribution in [-0.2, 0) is 16.1 Å². The highest BCUT2D eigenvalue weighted by atomic mass is 16.5. The van der Waals surface area contributed by atoms with Gasteiger partial charge in [-0.25, -0.2) is 9.97 Å². The maximum absolute atomic E-state index is 12.5. The van der Waals surface area contributed by atoms with Gasteiger partial charge in [-0.05, 0) is 32.9 Å². The van der Waals surface area contributed by atoms with Gasteiger partial charge in [-0.3, -0.25) is 9.48 Å². The number of aryl methyl sites for hydroxylation is 4. The fraction of sp³-hybridized carbons (Fsp3) is 0.529. The molecule has 0 aromatic carbocycles. The lowest BCUT2D eigenvalue weighted by atomic mass is 10.1. The molecule has 1 aliphatic rings. The third-order valence-electron chi connectivity index (χ3n) is 4.06. The van der Waals surface area contributed by atoms with Crippen LogP contribution in [0, 0.1) is 20.8 Å². The summed E-state index contributed by atoms with van der Waals surface area (Å²) in [6.07, 6.45) is 2.15. The zero-order valence-corrected chi connectivity index (χ0v) is 14.4. The lowest BCUT2D eigenvalue weighted by molar-refractivity contribution is -0.139. The molecule has 1 fully saturated rings. The predicted octanol–water partition coefficient (Wildman–Crippen LogP) is 1.59. The van der Waals surface area contributed by atoms with Crippen LogP contribution >= 0.6 is 0 Å². The van der Waals surface area contributed by atoms with Gasteiger partial charge >= 0.3 is 0 Å². The van der Waals surface area contributed by atoms with Crippen LogP contribution in [0.3, 0.4) is 0 Å². The largest absolute Gasteiger partial charge is 0.368 e. The summed E-state index contributed by atoms with van der Waals surface area (Å²) in [6.45, 7) is 8.03. The topological polar surface area (TPSA) is 73.1 Å². The fourth-order valence-electron chi connectivity index (χ4n) is 2.92. The molecule has 0 saturated carbocycles. The van der Waals surface area contributed by atoms with Crippen LogP contribution in [0.4, 0.5) is 0 Å². The predicted molar refractivity (Wildman–Crippen MR) is 88.4 cm³/mol. The third kappa shape index (κ3) is 3.97. The molecule has 24 heavy (non-hydrogen) atoms. The molecule has 7 nitrogen and oxygen atoms in total. The lowest BCUT2D eigenvalue weighted by Gasteiger charge is -2.33. The van der Waals surface area contributed by atoms with Crippen LogP contribution in [0.2, 0.25) is 0 Å². The molecular formula is C17H23N5O2. The second-order valence-electron chi connectivity index (χ2n) is 6.15. The second-order valence-corrected chi connectivity index (χ2v) is 6.15. The van der Waals surface area contributed by atoms with Crippen molar-refractivity contribution in [2.75, 3.05) is 19.7 Å². The number of hydrogen-bond donors (Lipinski definition) is 0. The van der Waals surface area contributed by atoms with E-state index in [1.807, 2.05) is 48.7 Å². The lowest BCUT2D eigenvalue weighted by Crippen LogP contribution is -2.42. The first-order chi connectivity index (χ1) is 11.5. The Labute approximate surface area is 141 Å². The maximum atomic E-state index is 12.5. The Morgan fingerprint density at radius 2 is 2.12 bits per heavy atom. The molecule has 1 saturated heterocycles. The summed E-state index contributed by atoms with van der Waals surface area (Å²) < 4.78 is 7.63. The van der Waals surface area contributed by atoms with Gasteiger partial charge < -0.3 is 9.64 Å². The van der Waals surface area contributed by atoms with E-state index >= 15 is 0 Å². The first-order valence-electron chi connectivity index (χ1n) is 8.23. The van der Waals surface area contributed by atoms with Crippen molar-refractivity contribution >= 4 is 5.91 Å². The summed E-state index contributed by atoms with van der Waals surface area (Å²) in [5.41, 5.74) is 2.72. The van der Waals surface area contributed by atoms with Gasteiger partial charge in [0.2, 0.25) is 5.91 Å². The molecule has 0 radical (unpaired) electrons. The van der Waals surface area contributed by atoms with Gasteiger partial charge in [-0.15, -0.1) is 0 Å². The first kappa shape index (κ1) is 16.6. The molecule has 0 N–H and O–H groups in total. The molecule has 0 bridgehead atoms. The van der Waals surface area contributed by atoms with E-state index in [4.69, 9.17) is 4.74 Å². The van der Waals surface area contributed by atoms with E-state index in [1.54, 1.807) is 0 Å². The molecule has 3 rings (SSSR count). The van der Waals surface area contributed by atoms with Crippen molar-refractivity contribution in [3.8, 4) is 0 Å². The van der Waals surface area contributed by atoms with Gasteiger partial charge in [0.05, 0.1) is 24.5 Å². The van der Waals surface area contributed by atoms with Crippen LogP contribution in [-0.4, -0.2) is 50.3 Å². The van der Waals surface area contributed by atoms with E-state index in [9.17, 15) is 4.79 Å². The number of morpholine rings is 1. The molecule has 1 atom stereocenters. The van der Waals surface area contributed by atoms with E-state index in [1.165, 1.54) is 0 Å². The summed E-state index contributed by atoms with van der Waals surface area (Å²) in [5.74, 6) is 0.852. The number of rotatable bonds is 4. The first-order valence-corrected chi connectivity index (χ1v) is 8.23. The highest BCUT2D eigenvalue weighted by molar-refractivity contribution is 5.76. The van der Waals surface area contributed by atoms with E-state index in [0.717, 1.165) is 22.9 Å². The minimum atomic E-state index is -0.185. The molecule has 1 aliphatic heterocycles. The molecule has 0 spiro atoms. The van der Waals surface area contributed by atoms with Crippen LogP contribution < -0.4 is 0 Å². The van der Waals surface area contributed by atoms with Gasteiger partial charge in [0.25, 0.3) is 0 Å². The zero-order chi connectivity index (χ0) is 17.1. The number of carbonyl (C=O) groups excluding carboxylic acids is 1. The summed E-state index contributed by atoms with van der Waals surface area (Å²) in [7, 11) is 0. The third-order valence-corrected chi connectivity index (χ3v) is 4.06. The molecular weight excluding hydrogens is 306 g/mol. The molecule has 128 valence electrons. The molecule has 2 aromatic heterocycles. The SMILES string of the molecule is Cc1cc([C@@H]2CN(C(=O)CCn3ccc(C)n3)CCO2)nc(C)n1. The molecule has 0 unspecified atom stereocenters.